The molecule has 0 saturated carbocycles. The zero-order valence-corrected chi connectivity index (χ0v) is 13.5. The van der Waals surface area contributed by atoms with Gasteiger partial charge in [-0.05, 0) is 23.3 Å². The normalized spacial score (nSPS) is 10.9. The van der Waals surface area contributed by atoms with Gasteiger partial charge in [-0.2, -0.15) is 0 Å². The van der Waals surface area contributed by atoms with Crippen molar-refractivity contribution in [2.45, 2.75) is 6.54 Å². The first kappa shape index (κ1) is 15.1. The van der Waals surface area contributed by atoms with Gasteiger partial charge in [-0.1, -0.05) is 60.7 Å². The average Bonchev–Trinajstić information content (AvgIpc) is 3.01. The molecular weight excluding hydrogens is 312 g/mol. The third-order valence-corrected chi connectivity index (χ3v) is 4.35. The summed E-state index contributed by atoms with van der Waals surface area (Å²) in [6.45, 7) is 0.662. The molecule has 25 heavy (non-hydrogen) atoms. The molecule has 0 aliphatic rings. The van der Waals surface area contributed by atoms with Crippen LogP contribution in [0.4, 0.5) is 5.69 Å². The van der Waals surface area contributed by atoms with Crippen LogP contribution in [0.2, 0.25) is 0 Å². The van der Waals surface area contributed by atoms with Crippen molar-refractivity contribution in [2.75, 3.05) is 0 Å². The fraction of sp³-hybridized carbons (Fsp3) is 0.0476. The van der Waals surface area contributed by atoms with Crippen molar-refractivity contribution in [1.29, 1.82) is 0 Å². The number of rotatable bonds is 4. The van der Waals surface area contributed by atoms with Gasteiger partial charge in [0, 0.05) is 29.8 Å². The highest BCUT2D eigenvalue weighted by molar-refractivity contribution is 5.88. The topological polar surface area (TPSA) is 48.1 Å². The van der Waals surface area contributed by atoms with E-state index in [1.165, 1.54) is 0 Å². The Hall–Kier alpha value is -3.40. The maximum Gasteiger partial charge on any atom is 0.271 e. The van der Waals surface area contributed by atoms with Gasteiger partial charge in [0.05, 0.1) is 10.4 Å². The summed E-state index contributed by atoms with van der Waals surface area (Å²) in [5.41, 5.74) is 4.29. The zero-order valence-electron chi connectivity index (χ0n) is 13.5. The minimum Gasteiger partial charge on any atom is -0.336 e. The average molecular weight is 328 g/mol. The molecular formula is C21H16N2O2. The maximum absolute atomic E-state index is 11.2. The van der Waals surface area contributed by atoms with Gasteiger partial charge in [0.1, 0.15) is 0 Å². The van der Waals surface area contributed by atoms with Crippen molar-refractivity contribution < 1.29 is 4.92 Å². The van der Waals surface area contributed by atoms with E-state index in [-0.39, 0.29) is 10.6 Å². The van der Waals surface area contributed by atoms with Gasteiger partial charge < -0.3 is 4.57 Å². The van der Waals surface area contributed by atoms with Gasteiger partial charge in [0.25, 0.3) is 5.69 Å². The Morgan fingerprint density at radius 2 is 1.52 bits per heavy atom. The molecule has 0 atom stereocenters. The molecule has 3 aromatic carbocycles. The molecule has 4 heteroatoms. The van der Waals surface area contributed by atoms with Crippen LogP contribution in [0, 0.1) is 10.1 Å². The van der Waals surface area contributed by atoms with Gasteiger partial charge in [0.2, 0.25) is 0 Å². The molecule has 0 spiro atoms. The highest BCUT2D eigenvalue weighted by Crippen LogP contribution is 2.31. The second-order valence-corrected chi connectivity index (χ2v) is 5.97. The van der Waals surface area contributed by atoms with Crippen LogP contribution in [0.15, 0.2) is 84.9 Å². The number of nitrogens with zero attached hydrogens (tertiary/aromatic N) is 2. The van der Waals surface area contributed by atoms with E-state index in [0.717, 1.165) is 27.7 Å². The Labute approximate surface area is 145 Å². The predicted octanol–water partition coefficient (Wildman–Crippen LogP) is 5.26. The number of fused-ring (bicyclic) bond motifs is 1. The quantitative estimate of drug-likeness (QED) is 0.379. The van der Waals surface area contributed by atoms with E-state index in [1.807, 2.05) is 42.5 Å². The molecule has 0 amide bonds. The van der Waals surface area contributed by atoms with E-state index in [9.17, 15) is 10.1 Å². The minimum atomic E-state index is -0.346. The Kier molecular flexibility index (Phi) is 3.78. The Balaban J connectivity index is 1.94. The van der Waals surface area contributed by atoms with Crippen molar-refractivity contribution in [3.05, 3.63) is 101 Å². The SMILES string of the molecule is O=[N+]([O-])c1ccc2cc(-c3ccccc3)n(Cc3ccccc3)c2c1. The monoisotopic (exact) mass is 328 g/mol. The summed E-state index contributed by atoms with van der Waals surface area (Å²) >= 11 is 0. The molecule has 0 unspecified atom stereocenters. The lowest BCUT2D eigenvalue weighted by molar-refractivity contribution is -0.384. The van der Waals surface area contributed by atoms with Crippen LogP contribution in [0.25, 0.3) is 22.2 Å². The molecule has 1 heterocycles. The first-order valence-electron chi connectivity index (χ1n) is 8.09. The van der Waals surface area contributed by atoms with E-state index in [4.69, 9.17) is 0 Å². The minimum absolute atomic E-state index is 0.111. The summed E-state index contributed by atoms with van der Waals surface area (Å²) in [7, 11) is 0. The summed E-state index contributed by atoms with van der Waals surface area (Å²) in [5, 5.41) is 12.2. The number of aromatic nitrogens is 1. The van der Waals surface area contributed by atoms with Crippen LogP contribution in [0.1, 0.15) is 5.56 Å². The van der Waals surface area contributed by atoms with Gasteiger partial charge in [0.15, 0.2) is 0 Å². The molecule has 0 N–H and O–H groups in total. The lowest BCUT2D eigenvalue weighted by atomic mass is 10.1. The highest BCUT2D eigenvalue weighted by atomic mass is 16.6. The van der Waals surface area contributed by atoms with Crippen molar-refractivity contribution in [1.82, 2.24) is 4.57 Å². The standard InChI is InChI=1S/C21H16N2O2/c24-23(25)19-12-11-18-13-20(17-9-5-2-6-10-17)22(21(18)14-19)15-16-7-3-1-4-8-16/h1-14H,15H2. The second-order valence-electron chi connectivity index (χ2n) is 5.97. The molecule has 0 bridgehead atoms. The van der Waals surface area contributed by atoms with Crippen LogP contribution < -0.4 is 0 Å². The second kappa shape index (κ2) is 6.24. The van der Waals surface area contributed by atoms with E-state index in [2.05, 4.69) is 34.9 Å². The molecule has 0 radical (unpaired) electrons. The number of hydrogen-bond acceptors (Lipinski definition) is 2. The van der Waals surface area contributed by atoms with E-state index >= 15 is 0 Å². The molecule has 0 fully saturated rings. The smallest absolute Gasteiger partial charge is 0.271 e. The van der Waals surface area contributed by atoms with Crippen LogP contribution in [0.5, 0.6) is 0 Å². The van der Waals surface area contributed by atoms with Crippen molar-refractivity contribution >= 4 is 16.6 Å². The van der Waals surface area contributed by atoms with Crippen molar-refractivity contribution in [3.8, 4) is 11.3 Å². The number of hydrogen-bond donors (Lipinski definition) is 0. The van der Waals surface area contributed by atoms with Crippen LogP contribution in [-0.2, 0) is 6.54 Å². The maximum atomic E-state index is 11.2. The molecule has 4 rings (SSSR count). The fourth-order valence-electron chi connectivity index (χ4n) is 3.14. The van der Waals surface area contributed by atoms with Crippen LogP contribution >= 0.6 is 0 Å². The largest absolute Gasteiger partial charge is 0.336 e. The molecule has 4 nitrogen and oxygen atoms in total. The number of non-ortho nitro benzene ring substituents is 1. The zero-order chi connectivity index (χ0) is 17.2. The van der Waals surface area contributed by atoms with E-state index in [0.29, 0.717) is 6.54 Å². The summed E-state index contributed by atoms with van der Waals surface area (Å²) in [5.74, 6) is 0. The lowest BCUT2D eigenvalue weighted by Gasteiger charge is -2.11. The third-order valence-electron chi connectivity index (χ3n) is 4.35. The number of nitro groups is 1. The molecule has 4 aromatic rings. The number of nitro benzene ring substituents is 1. The van der Waals surface area contributed by atoms with Crippen molar-refractivity contribution in [3.63, 3.8) is 0 Å². The van der Waals surface area contributed by atoms with E-state index < -0.39 is 0 Å². The molecule has 0 saturated heterocycles. The van der Waals surface area contributed by atoms with E-state index in [1.54, 1.807) is 12.1 Å². The van der Waals surface area contributed by atoms with Crippen LogP contribution in [-0.4, -0.2) is 9.49 Å². The molecule has 1 aromatic heterocycles. The highest BCUT2D eigenvalue weighted by Gasteiger charge is 2.14. The third kappa shape index (κ3) is 2.90. The fourth-order valence-corrected chi connectivity index (χ4v) is 3.14. The summed E-state index contributed by atoms with van der Waals surface area (Å²) in [6, 6.07) is 27.4. The van der Waals surface area contributed by atoms with Crippen molar-refractivity contribution in [2.24, 2.45) is 0 Å². The first-order chi connectivity index (χ1) is 12.2. The van der Waals surface area contributed by atoms with Gasteiger partial charge in [-0.15, -0.1) is 0 Å². The van der Waals surface area contributed by atoms with Crippen LogP contribution in [0.3, 0.4) is 0 Å². The van der Waals surface area contributed by atoms with Gasteiger partial charge in [-0.25, -0.2) is 0 Å². The molecule has 122 valence electrons. The lowest BCUT2D eigenvalue weighted by Crippen LogP contribution is -2.01. The van der Waals surface area contributed by atoms with Gasteiger partial charge in [-0.3, -0.25) is 10.1 Å². The Bertz CT molecular complexity index is 1040. The predicted molar refractivity (Wildman–Crippen MR) is 99.6 cm³/mol. The summed E-state index contributed by atoms with van der Waals surface area (Å²) < 4.78 is 2.15. The molecule has 0 aliphatic carbocycles. The Morgan fingerprint density at radius 3 is 2.20 bits per heavy atom. The first-order valence-corrected chi connectivity index (χ1v) is 8.09. The Morgan fingerprint density at radius 1 is 0.840 bits per heavy atom. The summed E-state index contributed by atoms with van der Waals surface area (Å²) in [6.07, 6.45) is 0. The molecule has 0 aliphatic heterocycles. The number of benzene rings is 3. The summed E-state index contributed by atoms with van der Waals surface area (Å²) in [4.78, 5) is 10.8. The van der Waals surface area contributed by atoms with Gasteiger partial charge >= 0.3 is 0 Å².